The summed E-state index contributed by atoms with van der Waals surface area (Å²) in [5, 5.41) is -0.126. The van der Waals surface area contributed by atoms with Crippen molar-refractivity contribution in [2.75, 3.05) is 6.54 Å². The standard InChI is InChI=1S/C8H16N2O2S/c9-8(6-1-2-6)5-10-13(11,12)7-3-4-7/h6-8,10H,1-5,9H2. The van der Waals surface area contributed by atoms with Crippen LogP contribution in [0.3, 0.4) is 0 Å². The average molecular weight is 204 g/mol. The lowest BCUT2D eigenvalue weighted by Crippen LogP contribution is -2.39. The van der Waals surface area contributed by atoms with Gasteiger partial charge in [0.1, 0.15) is 0 Å². The van der Waals surface area contributed by atoms with Crippen LogP contribution in [0.2, 0.25) is 0 Å². The third-order valence-electron chi connectivity index (χ3n) is 2.71. The number of sulfonamides is 1. The van der Waals surface area contributed by atoms with Crippen LogP contribution in [0.1, 0.15) is 25.7 Å². The van der Waals surface area contributed by atoms with Gasteiger partial charge in [-0.3, -0.25) is 0 Å². The third kappa shape index (κ3) is 2.42. The minimum atomic E-state index is -3.02. The molecule has 5 heteroatoms. The normalized spacial score (nSPS) is 25.9. The predicted octanol–water partition coefficient (Wildman–Crippen LogP) is -0.195. The van der Waals surface area contributed by atoms with Crippen molar-refractivity contribution >= 4 is 10.0 Å². The van der Waals surface area contributed by atoms with E-state index in [1.165, 1.54) is 0 Å². The third-order valence-corrected chi connectivity index (χ3v) is 4.63. The summed E-state index contributed by atoms with van der Waals surface area (Å²) in [6, 6.07) is 0.0218. The summed E-state index contributed by atoms with van der Waals surface area (Å²) in [5.41, 5.74) is 5.78. The molecule has 0 heterocycles. The number of hydrogen-bond acceptors (Lipinski definition) is 3. The minimum Gasteiger partial charge on any atom is -0.326 e. The Labute approximate surface area is 78.9 Å². The molecule has 2 rings (SSSR count). The van der Waals surface area contributed by atoms with Crippen molar-refractivity contribution in [2.24, 2.45) is 11.7 Å². The van der Waals surface area contributed by atoms with Gasteiger partial charge in [0.2, 0.25) is 10.0 Å². The number of nitrogens with two attached hydrogens (primary N) is 1. The Balaban J connectivity index is 1.77. The van der Waals surface area contributed by atoms with Crippen LogP contribution in [-0.2, 0) is 10.0 Å². The Bertz CT molecular complexity index is 281. The van der Waals surface area contributed by atoms with Gasteiger partial charge in [0.15, 0.2) is 0 Å². The van der Waals surface area contributed by atoms with E-state index in [1.807, 2.05) is 0 Å². The molecule has 0 saturated heterocycles. The minimum absolute atomic E-state index is 0.0218. The fraction of sp³-hybridized carbons (Fsp3) is 1.00. The fourth-order valence-corrected chi connectivity index (χ4v) is 2.82. The van der Waals surface area contributed by atoms with Gasteiger partial charge in [-0.05, 0) is 31.6 Å². The number of nitrogens with one attached hydrogen (secondary N) is 1. The highest BCUT2D eigenvalue weighted by Gasteiger charge is 2.36. The predicted molar refractivity (Wildman–Crippen MR) is 50.6 cm³/mol. The van der Waals surface area contributed by atoms with Gasteiger partial charge >= 0.3 is 0 Å². The quantitative estimate of drug-likeness (QED) is 0.651. The Kier molecular flexibility index (Phi) is 2.33. The molecule has 1 unspecified atom stereocenters. The van der Waals surface area contributed by atoms with E-state index in [9.17, 15) is 8.42 Å². The van der Waals surface area contributed by atoms with Crippen molar-refractivity contribution in [3.8, 4) is 0 Å². The lowest BCUT2D eigenvalue weighted by Gasteiger charge is -2.11. The lowest BCUT2D eigenvalue weighted by atomic mass is 10.2. The van der Waals surface area contributed by atoms with E-state index in [4.69, 9.17) is 5.73 Å². The average Bonchev–Trinajstić information content (AvgIpc) is 2.89. The van der Waals surface area contributed by atoms with Gasteiger partial charge in [0.25, 0.3) is 0 Å². The van der Waals surface area contributed by atoms with Crippen molar-refractivity contribution in [3.63, 3.8) is 0 Å². The van der Waals surface area contributed by atoms with Crippen LogP contribution in [0.15, 0.2) is 0 Å². The molecule has 0 bridgehead atoms. The van der Waals surface area contributed by atoms with Gasteiger partial charge in [0.05, 0.1) is 5.25 Å². The number of rotatable bonds is 5. The highest BCUT2D eigenvalue weighted by Crippen LogP contribution is 2.32. The summed E-state index contributed by atoms with van der Waals surface area (Å²) in [7, 11) is -3.02. The summed E-state index contributed by atoms with van der Waals surface area (Å²) < 4.78 is 25.3. The molecule has 76 valence electrons. The van der Waals surface area contributed by atoms with Crippen molar-refractivity contribution in [1.82, 2.24) is 4.72 Å². The van der Waals surface area contributed by atoms with Crippen molar-refractivity contribution in [3.05, 3.63) is 0 Å². The van der Waals surface area contributed by atoms with Crippen molar-refractivity contribution in [1.29, 1.82) is 0 Å². The summed E-state index contributed by atoms with van der Waals surface area (Å²) in [4.78, 5) is 0. The highest BCUT2D eigenvalue weighted by molar-refractivity contribution is 7.90. The molecule has 0 amide bonds. The smallest absolute Gasteiger partial charge is 0.214 e. The first-order chi connectivity index (χ1) is 6.09. The van der Waals surface area contributed by atoms with Crippen LogP contribution in [0.5, 0.6) is 0 Å². The van der Waals surface area contributed by atoms with Crippen LogP contribution in [0.4, 0.5) is 0 Å². The van der Waals surface area contributed by atoms with E-state index < -0.39 is 10.0 Å². The Morgan fingerprint density at radius 1 is 1.31 bits per heavy atom. The van der Waals surface area contributed by atoms with Crippen LogP contribution >= 0.6 is 0 Å². The van der Waals surface area contributed by atoms with E-state index in [-0.39, 0.29) is 11.3 Å². The molecular formula is C8H16N2O2S. The molecule has 0 spiro atoms. The maximum Gasteiger partial charge on any atom is 0.214 e. The highest BCUT2D eigenvalue weighted by atomic mass is 32.2. The van der Waals surface area contributed by atoms with Crippen molar-refractivity contribution in [2.45, 2.75) is 37.0 Å². The van der Waals surface area contributed by atoms with E-state index in [1.54, 1.807) is 0 Å². The molecule has 2 aliphatic carbocycles. The van der Waals surface area contributed by atoms with E-state index >= 15 is 0 Å². The first-order valence-corrected chi connectivity index (χ1v) is 6.38. The van der Waals surface area contributed by atoms with Crippen LogP contribution in [0.25, 0.3) is 0 Å². The van der Waals surface area contributed by atoms with Crippen LogP contribution < -0.4 is 10.5 Å². The summed E-state index contributed by atoms with van der Waals surface area (Å²) in [6.45, 7) is 0.420. The van der Waals surface area contributed by atoms with Crippen molar-refractivity contribution < 1.29 is 8.42 Å². The maximum atomic E-state index is 11.4. The van der Waals surface area contributed by atoms with Gasteiger partial charge in [-0.15, -0.1) is 0 Å². The second kappa shape index (κ2) is 3.22. The molecule has 2 aliphatic rings. The largest absolute Gasteiger partial charge is 0.326 e. The molecule has 4 nitrogen and oxygen atoms in total. The monoisotopic (exact) mass is 204 g/mol. The molecule has 0 aromatic heterocycles. The summed E-state index contributed by atoms with van der Waals surface area (Å²) >= 11 is 0. The topological polar surface area (TPSA) is 72.2 Å². The SMILES string of the molecule is NC(CNS(=O)(=O)C1CC1)C1CC1. The second-order valence-corrected chi connectivity index (χ2v) is 6.14. The lowest BCUT2D eigenvalue weighted by molar-refractivity contribution is 0.547. The van der Waals surface area contributed by atoms with E-state index in [0.29, 0.717) is 12.5 Å². The Morgan fingerprint density at radius 2 is 1.92 bits per heavy atom. The second-order valence-electron chi connectivity index (χ2n) is 4.09. The molecule has 0 aromatic carbocycles. The summed E-state index contributed by atoms with van der Waals surface area (Å²) in [6.07, 6.45) is 3.95. The zero-order chi connectivity index (χ0) is 9.47. The molecule has 3 N–H and O–H groups in total. The molecule has 2 saturated carbocycles. The molecule has 13 heavy (non-hydrogen) atoms. The maximum absolute atomic E-state index is 11.4. The molecule has 0 aromatic rings. The zero-order valence-corrected chi connectivity index (χ0v) is 8.39. The van der Waals surface area contributed by atoms with Gasteiger partial charge < -0.3 is 5.73 Å². The van der Waals surface area contributed by atoms with Gasteiger partial charge in [0, 0.05) is 12.6 Å². The first kappa shape index (κ1) is 9.43. The van der Waals surface area contributed by atoms with E-state index in [2.05, 4.69) is 4.72 Å². The zero-order valence-electron chi connectivity index (χ0n) is 7.57. The Morgan fingerprint density at radius 3 is 2.38 bits per heavy atom. The molecule has 0 radical (unpaired) electrons. The first-order valence-electron chi connectivity index (χ1n) is 4.83. The van der Waals surface area contributed by atoms with E-state index in [0.717, 1.165) is 25.7 Å². The fourth-order valence-electron chi connectivity index (χ4n) is 1.40. The number of hydrogen-bond donors (Lipinski definition) is 2. The molecule has 2 fully saturated rings. The van der Waals surface area contributed by atoms with Crippen LogP contribution in [-0.4, -0.2) is 26.3 Å². The molecule has 0 aliphatic heterocycles. The van der Waals surface area contributed by atoms with Gasteiger partial charge in [-0.25, -0.2) is 13.1 Å². The van der Waals surface area contributed by atoms with Gasteiger partial charge in [-0.1, -0.05) is 0 Å². The molecular weight excluding hydrogens is 188 g/mol. The Hall–Kier alpha value is -0.130. The molecule has 1 atom stereocenters. The summed E-state index contributed by atoms with van der Waals surface area (Å²) in [5.74, 6) is 0.557. The van der Waals surface area contributed by atoms with Gasteiger partial charge in [-0.2, -0.15) is 0 Å². The van der Waals surface area contributed by atoms with Crippen LogP contribution in [0, 0.1) is 5.92 Å².